The number of nitrogen functional groups attached to an aromatic ring is 1. The molecule has 1 unspecified atom stereocenters. The van der Waals surface area contributed by atoms with Crippen molar-refractivity contribution in [2.45, 2.75) is 19.9 Å². The number of nitrogens with zero attached hydrogens (tertiary/aromatic N) is 1. The lowest BCUT2D eigenvalue weighted by Gasteiger charge is -2.19. The molecule has 102 valence electrons. The van der Waals surface area contributed by atoms with E-state index in [2.05, 4.69) is 10.3 Å². The maximum atomic E-state index is 12.2. The van der Waals surface area contributed by atoms with Crippen LogP contribution >= 0.6 is 11.3 Å². The third-order valence-electron chi connectivity index (χ3n) is 3.03. The van der Waals surface area contributed by atoms with E-state index in [4.69, 9.17) is 5.73 Å². The normalized spacial score (nSPS) is 12.8. The summed E-state index contributed by atoms with van der Waals surface area (Å²) in [7, 11) is 0. The smallest absolute Gasteiger partial charge is 0.263 e. The highest BCUT2D eigenvalue weighted by molar-refractivity contribution is 7.21. The zero-order valence-electron chi connectivity index (χ0n) is 10.9. The van der Waals surface area contributed by atoms with E-state index in [0.717, 1.165) is 10.2 Å². The van der Waals surface area contributed by atoms with E-state index in [9.17, 15) is 9.90 Å². The van der Waals surface area contributed by atoms with Crippen molar-refractivity contribution in [3.8, 4) is 0 Å². The molecule has 2 aromatic heterocycles. The van der Waals surface area contributed by atoms with Gasteiger partial charge in [-0.05, 0) is 18.1 Å². The molecule has 0 bridgehead atoms. The van der Waals surface area contributed by atoms with Crippen molar-refractivity contribution < 1.29 is 9.90 Å². The zero-order chi connectivity index (χ0) is 14.0. The summed E-state index contributed by atoms with van der Waals surface area (Å²) in [5.41, 5.74) is 6.43. The predicted molar refractivity (Wildman–Crippen MR) is 77.2 cm³/mol. The number of thiophene rings is 1. The Bertz CT molecular complexity index is 595. The van der Waals surface area contributed by atoms with Crippen LogP contribution in [0.1, 0.15) is 23.5 Å². The molecule has 1 atom stereocenters. The molecule has 0 aliphatic carbocycles. The molecule has 5 nitrogen and oxygen atoms in total. The van der Waals surface area contributed by atoms with Crippen LogP contribution in [0, 0.1) is 5.92 Å². The maximum absolute atomic E-state index is 12.2. The first-order valence-corrected chi connectivity index (χ1v) is 6.91. The topological polar surface area (TPSA) is 88.2 Å². The standard InChI is InChI=1S/C13H17N3O2S/c1-7(2)9(6-17)16-12(18)11-10(14)8-4-3-5-15-13(8)19-11/h3-5,7,9,17H,6,14H2,1-2H3,(H,16,18). The van der Waals surface area contributed by atoms with Gasteiger partial charge >= 0.3 is 0 Å². The van der Waals surface area contributed by atoms with E-state index >= 15 is 0 Å². The van der Waals surface area contributed by atoms with Crippen LogP contribution in [-0.4, -0.2) is 28.6 Å². The van der Waals surface area contributed by atoms with Crippen LogP contribution in [0.15, 0.2) is 18.3 Å². The van der Waals surface area contributed by atoms with Gasteiger partial charge in [-0.3, -0.25) is 4.79 Å². The fourth-order valence-corrected chi connectivity index (χ4v) is 2.74. The van der Waals surface area contributed by atoms with Crippen LogP contribution in [0.5, 0.6) is 0 Å². The Hall–Kier alpha value is -1.66. The molecule has 0 fully saturated rings. The molecule has 0 aliphatic rings. The number of nitrogens with one attached hydrogen (secondary N) is 1. The first-order chi connectivity index (χ1) is 9.04. The van der Waals surface area contributed by atoms with Crippen LogP contribution in [-0.2, 0) is 0 Å². The van der Waals surface area contributed by atoms with Gasteiger partial charge in [0.2, 0.25) is 0 Å². The summed E-state index contributed by atoms with van der Waals surface area (Å²) in [5.74, 6) is -0.101. The fraction of sp³-hybridized carbons (Fsp3) is 0.385. The molecule has 19 heavy (non-hydrogen) atoms. The van der Waals surface area contributed by atoms with Gasteiger partial charge in [-0.2, -0.15) is 0 Å². The molecule has 0 saturated carbocycles. The van der Waals surface area contributed by atoms with Crippen LogP contribution in [0.4, 0.5) is 5.69 Å². The lowest BCUT2D eigenvalue weighted by Crippen LogP contribution is -2.41. The van der Waals surface area contributed by atoms with Gasteiger partial charge in [0.25, 0.3) is 5.91 Å². The fourth-order valence-electron chi connectivity index (χ4n) is 1.78. The molecule has 1 amide bonds. The molecule has 4 N–H and O–H groups in total. The number of fused-ring (bicyclic) bond motifs is 1. The van der Waals surface area contributed by atoms with E-state index in [-0.39, 0.29) is 24.5 Å². The maximum Gasteiger partial charge on any atom is 0.263 e. The minimum Gasteiger partial charge on any atom is -0.397 e. The Morgan fingerprint density at radius 1 is 1.58 bits per heavy atom. The third-order valence-corrected chi connectivity index (χ3v) is 4.16. The SMILES string of the molecule is CC(C)C(CO)NC(=O)c1sc2ncccc2c1N. The number of hydrogen-bond donors (Lipinski definition) is 3. The van der Waals surface area contributed by atoms with Crippen molar-refractivity contribution >= 4 is 33.1 Å². The monoisotopic (exact) mass is 279 g/mol. The van der Waals surface area contributed by atoms with Gasteiger partial charge in [0.05, 0.1) is 18.3 Å². The van der Waals surface area contributed by atoms with Crippen molar-refractivity contribution in [1.82, 2.24) is 10.3 Å². The van der Waals surface area contributed by atoms with Crippen LogP contribution in [0.25, 0.3) is 10.2 Å². The average molecular weight is 279 g/mol. The van der Waals surface area contributed by atoms with Gasteiger partial charge in [-0.25, -0.2) is 4.98 Å². The minimum atomic E-state index is -0.273. The summed E-state index contributed by atoms with van der Waals surface area (Å²) in [5, 5.41) is 12.8. The van der Waals surface area contributed by atoms with Gasteiger partial charge in [0, 0.05) is 11.6 Å². The molecule has 2 aromatic rings. The van der Waals surface area contributed by atoms with E-state index in [1.54, 1.807) is 12.3 Å². The van der Waals surface area contributed by atoms with Crippen molar-refractivity contribution in [2.24, 2.45) is 5.92 Å². The summed E-state index contributed by atoms with van der Waals surface area (Å²) in [6.07, 6.45) is 1.67. The highest BCUT2D eigenvalue weighted by atomic mass is 32.1. The van der Waals surface area contributed by atoms with E-state index < -0.39 is 0 Å². The van der Waals surface area contributed by atoms with E-state index in [1.807, 2.05) is 19.9 Å². The highest BCUT2D eigenvalue weighted by Crippen LogP contribution is 2.31. The van der Waals surface area contributed by atoms with Gasteiger partial charge in [0.15, 0.2) is 0 Å². The number of pyridine rings is 1. The molecular formula is C13H17N3O2S. The molecule has 0 spiro atoms. The first kappa shape index (κ1) is 13.8. The highest BCUT2D eigenvalue weighted by Gasteiger charge is 2.21. The quantitative estimate of drug-likeness (QED) is 0.793. The first-order valence-electron chi connectivity index (χ1n) is 6.09. The van der Waals surface area contributed by atoms with Gasteiger partial charge < -0.3 is 16.2 Å². The Kier molecular flexibility index (Phi) is 4.01. The minimum absolute atomic E-state index is 0.0908. The van der Waals surface area contributed by atoms with Crippen LogP contribution < -0.4 is 11.1 Å². The predicted octanol–water partition coefficient (Wildman–Crippen LogP) is 1.63. The second-order valence-corrected chi connectivity index (χ2v) is 5.71. The van der Waals surface area contributed by atoms with Gasteiger partial charge in [0.1, 0.15) is 9.71 Å². The van der Waals surface area contributed by atoms with Crippen LogP contribution in [0.2, 0.25) is 0 Å². The number of rotatable bonds is 4. The summed E-state index contributed by atoms with van der Waals surface area (Å²) in [6, 6.07) is 3.36. The number of anilines is 1. The molecular weight excluding hydrogens is 262 g/mol. The summed E-state index contributed by atoms with van der Waals surface area (Å²) < 4.78 is 0. The van der Waals surface area contributed by atoms with Crippen LogP contribution in [0.3, 0.4) is 0 Å². The second-order valence-electron chi connectivity index (χ2n) is 4.71. The van der Waals surface area contributed by atoms with Crippen molar-refractivity contribution in [2.75, 3.05) is 12.3 Å². The molecule has 0 aliphatic heterocycles. The molecule has 0 saturated heterocycles. The van der Waals surface area contributed by atoms with E-state index in [0.29, 0.717) is 10.6 Å². The number of carbonyl (C=O) groups is 1. The van der Waals surface area contributed by atoms with Gasteiger partial charge in [-0.15, -0.1) is 11.3 Å². The number of carbonyl (C=O) groups excluding carboxylic acids is 1. The summed E-state index contributed by atoms with van der Waals surface area (Å²) in [4.78, 5) is 17.6. The average Bonchev–Trinajstić information content (AvgIpc) is 2.73. The molecule has 2 rings (SSSR count). The Morgan fingerprint density at radius 3 is 2.89 bits per heavy atom. The van der Waals surface area contributed by atoms with E-state index in [1.165, 1.54) is 11.3 Å². The molecule has 6 heteroatoms. The number of aliphatic hydroxyl groups is 1. The molecule has 0 aromatic carbocycles. The van der Waals surface area contributed by atoms with Crippen molar-refractivity contribution in [1.29, 1.82) is 0 Å². The number of amides is 1. The Morgan fingerprint density at radius 2 is 2.32 bits per heavy atom. The lowest BCUT2D eigenvalue weighted by atomic mass is 10.1. The summed E-state index contributed by atoms with van der Waals surface area (Å²) >= 11 is 1.27. The lowest BCUT2D eigenvalue weighted by molar-refractivity contribution is 0.0902. The molecule has 0 radical (unpaired) electrons. The summed E-state index contributed by atoms with van der Waals surface area (Å²) in [6.45, 7) is 3.79. The molecule has 2 heterocycles. The Balaban J connectivity index is 2.29. The Labute approximate surface area is 115 Å². The van der Waals surface area contributed by atoms with Crippen molar-refractivity contribution in [3.63, 3.8) is 0 Å². The second kappa shape index (κ2) is 5.54. The van der Waals surface area contributed by atoms with Crippen molar-refractivity contribution in [3.05, 3.63) is 23.2 Å². The number of nitrogens with two attached hydrogens (primary N) is 1. The third kappa shape index (κ3) is 2.69. The number of hydrogen-bond acceptors (Lipinski definition) is 5. The zero-order valence-corrected chi connectivity index (χ0v) is 11.7. The number of aromatic nitrogens is 1. The largest absolute Gasteiger partial charge is 0.397 e. The number of aliphatic hydroxyl groups excluding tert-OH is 1. The van der Waals surface area contributed by atoms with Gasteiger partial charge in [-0.1, -0.05) is 13.8 Å².